The van der Waals surface area contributed by atoms with Crippen LogP contribution in [0.3, 0.4) is 0 Å². The standard InChI is InChI=1S/C15H19N3O2/c1-4-7-16-13-6-5-12(8-10(13)2)15(19)17-14-9-11(3)18-20-14/h5-6,8-9,16H,4,7H2,1-3H3,(H,17,19). The van der Waals surface area contributed by atoms with Gasteiger partial charge in [-0.25, -0.2) is 0 Å². The van der Waals surface area contributed by atoms with Gasteiger partial charge in [0.2, 0.25) is 5.88 Å². The SMILES string of the molecule is CCCNc1ccc(C(=O)Nc2cc(C)no2)cc1C. The van der Waals surface area contributed by atoms with Gasteiger partial charge in [0.25, 0.3) is 5.91 Å². The van der Waals surface area contributed by atoms with Gasteiger partial charge in [-0.15, -0.1) is 0 Å². The lowest BCUT2D eigenvalue weighted by Gasteiger charge is -2.10. The smallest absolute Gasteiger partial charge is 0.258 e. The number of aromatic nitrogens is 1. The maximum atomic E-state index is 12.1. The number of anilines is 2. The third kappa shape index (κ3) is 3.38. The van der Waals surface area contributed by atoms with Crippen LogP contribution in [0, 0.1) is 13.8 Å². The molecule has 1 heterocycles. The Hall–Kier alpha value is -2.30. The monoisotopic (exact) mass is 273 g/mol. The van der Waals surface area contributed by atoms with Gasteiger partial charge >= 0.3 is 0 Å². The van der Waals surface area contributed by atoms with Gasteiger partial charge in [-0.05, 0) is 44.0 Å². The highest BCUT2D eigenvalue weighted by Gasteiger charge is 2.10. The molecule has 0 unspecified atom stereocenters. The third-order valence-electron chi connectivity index (χ3n) is 2.92. The summed E-state index contributed by atoms with van der Waals surface area (Å²) in [6, 6.07) is 7.26. The van der Waals surface area contributed by atoms with E-state index in [4.69, 9.17) is 4.52 Å². The molecule has 0 aliphatic rings. The predicted molar refractivity (Wildman–Crippen MR) is 79.2 cm³/mol. The molecule has 0 atom stereocenters. The van der Waals surface area contributed by atoms with E-state index < -0.39 is 0 Å². The summed E-state index contributed by atoms with van der Waals surface area (Å²) in [7, 11) is 0. The van der Waals surface area contributed by atoms with Gasteiger partial charge in [-0.3, -0.25) is 10.1 Å². The van der Waals surface area contributed by atoms with Gasteiger partial charge in [-0.2, -0.15) is 0 Å². The molecular formula is C15H19N3O2. The molecule has 0 spiro atoms. The number of carbonyl (C=O) groups excluding carboxylic acids is 1. The van der Waals surface area contributed by atoms with Crippen molar-refractivity contribution in [3.63, 3.8) is 0 Å². The second-order valence-electron chi connectivity index (χ2n) is 4.74. The maximum Gasteiger partial charge on any atom is 0.258 e. The summed E-state index contributed by atoms with van der Waals surface area (Å²) in [5, 5.41) is 9.73. The molecule has 0 aliphatic carbocycles. The summed E-state index contributed by atoms with van der Waals surface area (Å²) in [6.45, 7) is 6.82. The maximum absolute atomic E-state index is 12.1. The van der Waals surface area contributed by atoms with Gasteiger partial charge in [0.1, 0.15) is 0 Å². The van der Waals surface area contributed by atoms with E-state index in [0.717, 1.165) is 29.9 Å². The number of carbonyl (C=O) groups is 1. The number of hydrogen-bond acceptors (Lipinski definition) is 4. The van der Waals surface area contributed by atoms with Crippen LogP contribution in [-0.4, -0.2) is 17.6 Å². The second-order valence-corrected chi connectivity index (χ2v) is 4.74. The lowest BCUT2D eigenvalue weighted by molar-refractivity contribution is 0.102. The lowest BCUT2D eigenvalue weighted by Crippen LogP contribution is -2.12. The Morgan fingerprint density at radius 2 is 2.10 bits per heavy atom. The van der Waals surface area contributed by atoms with Crippen LogP contribution < -0.4 is 10.6 Å². The van der Waals surface area contributed by atoms with E-state index in [9.17, 15) is 4.79 Å². The zero-order chi connectivity index (χ0) is 14.5. The fourth-order valence-corrected chi connectivity index (χ4v) is 1.87. The van der Waals surface area contributed by atoms with E-state index in [2.05, 4.69) is 22.7 Å². The molecule has 0 saturated heterocycles. The van der Waals surface area contributed by atoms with E-state index >= 15 is 0 Å². The Labute approximate surface area is 118 Å². The highest BCUT2D eigenvalue weighted by molar-refractivity contribution is 6.03. The minimum absolute atomic E-state index is 0.203. The van der Waals surface area contributed by atoms with Gasteiger partial charge in [0.05, 0.1) is 5.69 Å². The quantitative estimate of drug-likeness (QED) is 0.876. The van der Waals surface area contributed by atoms with Crippen LogP contribution in [0.5, 0.6) is 0 Å². The summed E-state index contributed by atoms with van der Waals surface area (Å²) in [4.78, 5) is 12.1. The van der Waals surface area contributed by atoms with Crippen molar-refractivity contribution in [1.29, 1.82) is 0 Å². The van der Waals surface area contributed by atoms with Crippen molar-refractivity contribution in [2.24, 2.45) is 0 Å². The molecule has 20 heavy (non-hydrogen) atoms. The number of benzene rings is 1. The van der Waals surface area contributed by atoms with E-state index in [1.54, 1.807) is 19.1 Å². The summed E-state index contributed by atoms with van der Waals surface area (Å²) in [6.07, 6.45) is 1.06. The molecule has 5 nitrogen and oxygen atoms in total. The van der Waals surface area contributed by atoms with E-state index in [1.165, 1.54) is 0 Å². The largest absolute Gasteiger partial charge is 0.385 e. The first-order valence-electron chi connectivity index (χ1n) is 6.69. The zero-order valence-electron chi connectivity index (χ0n) is 12.0. The van der Waals surface area contributed by atoms with Crippen LogP contribution in [0.15, 0.2) is 28.8 Å². The van der Waals surface area contributed by atoms with Crippen molar-refractivity contribution in [2.75, 3.05) is 17.2 Å². The Bertz CT molecular complexity index is 605. The summed E-state index contributed by atoms with van der Waals surface area (Å²) >= 11 is 0. The van der Waals surface area contributed by atoms with Crippen molar-refractivity contribution in [3.8, 4) is 0 Å². The van der Waals surface area contributed by atoms with Crippen LogP contribution in [0.2, 0.25) is 0 Å². The molecule has 106 valence electrons. The number of aryl methyl sites for hydroxylation is 2. The summed E-state index contributed by atoms with van der Waals surface area (Å²) in [5.41, 5.74) is 3.42. The Balaban J connectivity index is 2.08. The molecule has 2 N–H and O–H groups in total. The first-order valence-corrected chi connectivity index (χ1v) is 6.69. The normalized spacial score (nSPS) is 10.3. The Morgan fingerprint density at radius 3 is 2.70 bits per heavy atom. The van der Waals surface area contributed by atoms with Crippen LogP contribution >= 0.6 is 0 Å². The average molecular weight is 273 g/mol. The van der Waals surface area contributed by atoms with Crippen molar-refractivity contribution in [2.45, 2.75) is 27.2 Å². The Morgan fingerprint density at radius 1 is 1.30 bits per heavy atom. The fraction of sp³-hybridized carbons (Fsp3) is 0.333. The minimum atomic E-state index is -0.203. The molecule has 1 amide bonds. The fourth-order valence-electron chi connectivity index (χ4n) is 1.87. The van der Waals surface area contributed by atoms with Crippen molar-refractivity contribution < 1.29 is 9.32 Å². The molecule has 1 aromatic carbocycles. The van der Waals surface area contributed by atoms with Gasteiger partial charge in [0, 0.05) is 23.9 Å². The first kappa shape index (κ1) is 14.1. The topological polar surface area (TPSA) is 67.2 Å². The van der Waals surface area contributed by atoms with Crippen LogP contribution in [0.1, 0.15) is 35.0 Å². The molecule has 0 aliphatic heterocycles. The minimum Gasteiger partial charge on any atom is -0.385 e. The van der Waals surface area contributed by atoms with Crippen LogP contribution in [0.4, 0.5) is 11.6 Å². The van der Waals surface area contributed by atoms with E-state index in [0.29, 0.717) is 11.4 Å². The summed E-state index contributed by atoms with van der Waals surface area (Å²) in [5.74, 6) is 0.157. The molecule has 0 radical (unpaired) electrons. The molecule has 5 heteroatoms. The predicted octanol–water partition coefficient (Wildman–Crippen LogP) is 3.37. The molecule has 1 aromatic heterocycles. The van der Waals surface area contributed by atoms with Crippen molar-refractivity contribution >= 4 is 17.5 Å². The van der Waals surface area contributed by atoms with Crippen LogP contribution in [-0.2, 0) is 0 Å². The van der Waals surface area contributed by atoms with Gasteiger partial charge in [0.15, 0.2) is 0 Å². The molecule has 0 saturated carbocycles. The van der Waals surface area contributed by atoms with E-state index in [1.807, 2.05) is 19.1 Å². The molecule has 2 rings (SSSR count). The molecule has 2 aromatic rings. The molecule has 0 fully saturated rings. The molecule has 0 bridgehead atoms. The van der Waals surface area contributed by atoms with Crippen molar-refractivity contribution in [1.82, 2.24) is 5.16 Å². The first-order chi connectivity index (χ1) is 9.60. The molecular weight excluding hydrogens is 254 g/mol. The lowest BCUT2D eigenvalue weighted by atomic mass is 10.1. The second kappa shape index (κ2) is 6.23. The number of rotatable bonds is 5. The van der Waals surface area contributed by atoms with Crippen LogP contribution in [0.25, 0.3) is 0 Å². The summed E-state index contributed by atoms with van der Waals surface area (Å²) < 4.78 is 4.97. The number of nitrogens with zero attached hydrogens (tertiary/aromatic N) is 1. The Kier molecular flexibility index (Phi) is 4.40. The average Bonchev–Trinajstić information content (AvgIpc) is 2.82. The number of nitrogens with one attached hydrogen (secondary N) is 2. The number of amides is 1. The zero-order valence-corrected chi connectivity index (χ0v) is 12.0. The van der Waals surface area contributed by atoms with Gasteiger partial charge in [-0.1, -0.05) is 12.1 Å². The highest BCUT2D eigenvalue weighted by Crippen LogP contribution is 2.18. The van der Waals surface area contributed by atoms with Gasteiger partial charge < -0.3 is 9.84 Å². The van der Waals surface area contributed by atoms with Crippen molar-refractivity contribution in [3.05, 3.63) is 41.1 Å². The van der Waals surface area contributed by atoms with E-state index in [-0.39, 0.29) is 5.91 Å². The highest BCUT2D eigenvalue weighted by atomic mass is 16.5. The number of hydrogen-bond donors (Lipinski definition) is 2. The third-order valence-corrected chi connectivity index (χ3v) is 2.92.